The van der Waals surface area contributed by atoms with E-state index in [1.165, 1.54) is 28.7 Å². The van der Waals surface area contributed by atoms with Gasteiger partial charge in [-0.2, -0.15) is 0 Å². The minimum absolute atomic E-state index is 0.127. The molecule has 1 unspecified atom stereocenters. The normalized spacial score (nSPS) is 19.4. The zero-order valence-electron chi connectivity index (χ0n) is 21.6. The van der Waals surface area contributed by atoms with Crippen LogP contribution in [0.3, 0.4) is 0 Å². The van der Waals surface area contributed by atoms with E-state index in [9.17, 15) is 0 Å². The summed E-state index contributed by atoms with van der Waals surface area (Å²) in [5.74, 6) is 1.03. The molecule has 1 rings (SSSR count). The first-order chi connectivity index (χ1) is 14.6. The van der Waals surface area contributed by atoms with Crippen molar-refractivity contribution in [3.05, 3.63) is 58.4 Å². The van der Waals surface area contributed by atoms with Crippen molar-refractivity contribution < 1.29 is 9.47 Å². The molecule has 0 aromatic rings. The summed E-state index contributed by atoms with van der Waals surface area (Å²) in [5.41, 5.74) is 5.91. The summed E-state index contributed by atoms with van der Waals surface area (Å²) >= 11 is 0. The van der Waals surface area contributed by atoms with E-state index in [1.54, 1.807) is 0 Å². The van der Waals surface area contributed by atoms with E-state index in [4.69, 9.17) is 9.47 Å². The molecule has 0 N–H and O–H groups in total. The molecular weight excluding hydrogens is 380 g/mol. The summed E-state index contributed by atoms with van der Waals surface area (Å²) < 4.78 is 11.4. The highest BCUT2D eigenvalue weighted by molar-refractivity contribution is 5.07. The van der Waals surface area contributed by atoms with Gasteiger partial charge in [0.2, 0.25) is 0 Å². The van der Waals surface area contributed by atoms with Gasteiger partial charge in [0.25, 0.3) is 0 Å². The highest BCUT2D eigenvalue weighted by Gasteiger charge is 2.46. The Labute approximate surface area is 193 Å². The monoisotopic (exact) mass is 428 g/mol. The molecule has 0 radical (unpaired) electrons. The van der Waals surface area contributed by atoms with Gasteiger partial charge in [0.1, 0.15) is 6.61 Å². The molecule has 1 aliphatic rings. The Bertz CT molecular complexity index is 682. The molecule has 2 heteroatoms. The average Bonchev–Trinajstić information content (AvgIpc) is 3.30. The molecule has 31 heavy (non-hydrogen) atoms. The van der Waals surface area contributed by atoms with Gasteiger partial charge in [-0.3, -0.25) is 0 Å². The maximum absolute atomic E-state index is 5.69. The second-order valence-electron chi connectivity index (χ2n) is 9.96. The third-order valence-electron chi connectivity index (χ3n) is 5.92. The van der Waals surface area contributed by atoms with Crippen molar-refractivity contribution in [3.8, 4) is 0 Å². The van der Waals surface area contributed by atoms with Gasteiger partial charge >= 0.3 is 0 Å². The van der Waals surface area contributed by atoms with Crippen LogP contribution >= 0.6 is 0 Å². The van der Waals surface area contributed by atoms with Crippen molar-refractivity contribution in [2.24, 2.45) is 0 Å². The molecule has 0 bridgehead atoms. The lowest BCUT2D eigenvalue weighted by Crippen LogP contribution is -2.02. The number of hydrogen-bond donors (Lipinski definition) is 0. The van der Waals surface area contributed by atoms with Crippen LogP contribution in [0.1, 0.15) is 107 Å². The first kappa shape index (κ1) is 27.5. The number of allylic oxidation sites excluding steroid dienone is 9. The number of unbranched alkanes of at least 4 members (excludes halogenated alkanes) is 1. The maximum atomic E-state index is 5.69. The van der Waals surface area contributed by atoms with E-state index in [0.717, 1.165) is 50.7 Å². The van der Waals surface area contributed by atoms with Gasteiger partial charge in [0, 0.05) is 0 Å². The van der Waals surface area contributed by atoms with Crippen LogP contribution in [-0.2, 0) is 9.47 Å². The number of epoxide rings is 1. The zero-order chi connectivity index (χ0) is 23.3. The van der Waals surface area contributed by atoms with E-state index in [0.29, 0.717) is 12.7 Å². The highest BCUT2D eigenvalue weighted by atomic mass is 16.6. The summed E-state index contributed by atoms with van der Waals surface area (Å²) in [6.07, 6.45) is 21.1. The predicted molar refractivity (Wildman–Crippen MR) is 136 cm³/mol. The molecule has 1 aliphatic heterocycles. The summed E-state index contributed by atoms with van der Waals surface area (Å²) in [6.45, 7) is 18.0. The first-order valence-corrected chi connectivity index (χ1v) is 12.2. The third kappa shape index (κ3) is 14.2. The van der Waals surface area contributed by atoms with Crippen LogP contribution in [0.5, 0.6) is 0 Å². The highest BCUT2D eigenvalue weighted by Crippen LogP contribution is 2.38. The van der Waals surface area contributed by atoms with E-state index in [1.807, 2.05) is 6.92 Å². The third-order valence-corrected chi connectivity index (χ3v) is 5.92. The lowest BCUT2D eigenvalue weighted by atomic mass is 10.0. The summed E-state index contributed by atoms with van der Waals surface area (Å²) in [5, 5.41) is 0. The molecule has 0 spiro atoms. The minimum Gasteiger partial charge on any atom is -0.495 e. The van der Waals surface area contributed by atoms with E-state index in [2.05, 4.69) is 78.8 Å². The maximum Gasteiger partial charge on any atom is 0.106 e. The van der Waals surface area contributed by atoms with Crippen molar-refractivity contribution in [2.75, 3.05) is 6.61 Å². The van der Waals surface area contributed by atoms with Crippen LogP contribution in [0.25, 0.3) is 0 Å². The summed E-state index contributed by atoms with van der Waals surface area (Å²) in [4.78, 5) is 0. The molecule has 1 heterocycles. The molecule has 0 saturated carbocycles. The Morgan fingerprint density at radius 1 is 0.710 bits per heavy atom. The Kier molecular flexibility index (Phi) is 12.9. The topological polar surface area (TPSA) is 21.8 Å². The fraction of sp³-hybridized carbons (Fsp3) is 0.655. The van der Waals surface area contributed by atoms with Gasteiger partial charge in [-0.1, -0.05) is 40.5 Å². The molecule has 0 amide bonds. The predicted octanol–water partition coefficient (Wildman–Crippen LogP) is 9.01. The first-order valence-electron chi connectivity index (χ1n) is 12.2. The molecule has 0 aromatic carbocycles. The van der Waals surface area contributed by atoms with Crippen LogP contribution in [0.15, 0.2) is 58.4 Å². The van der Waals surface area contributed by atoms with Gasteiger partial charge < -0.3 is 9.47 Å². The molecule has 1 fully saturated rings. The van der Waals surface area contributed by atoms with E-state index in [-0.39, 0.29) is 5.60 Å². The minimum atomic E-state index is 0.127. The van der Waals surface area contributed by atoms with Gasteiger partial charge in [0.15, 0.2) is 0 Å². The summed E-state index contributed by atoms with van der Waals surface area (Å²) in [7, 11) is 0. The molecule has 2 nitrogen and oxygen atoms in total. The van der Waals surface area contributed by atoms with Crippen molar-refractivity contribution in [1.82, 2.24) is 0 Å². The summed E-state index contributed by atoms with van der Waals surface area (Å²) in [6, 6.07) is 0. The second kappa shape index (κ2) is 14.5. The molecule has 1 atom stereocenters. The molecule has 0 aromatic heterocycles. The number of hydrogen-bond acceptors (Lipinski definition) is 2. The van der Waals surface area contributed by atoms with Gasteiger partial charge in [-0.05, 0) is 119 Å². The molecule has 176 valence electrons. The number of ether oxygens (including phenoxy) is 2. The molecular formula is C29H48O2. The second-order valence-corrected chi connectivity index (χ2v) is 9.96. The quantitative estimate of drug-likeness (QED) is 0.112. The average molecular weight is 429 g/mol. The van der Waals surface area contributed by atoms with Crippen LogP contribution in [0, 0.1) is 0 Å². The lowest BCUT2D eigenvalue weighted by molar-refractivity contribution is 0.247. The molecule has 0 aliphatic carbocycles. The Hall–Kier alpha value is -1.54. The van der Waals surface area contributed by atoms with Crippen LogP contribution < -0.4 is 0 Å². The Balaban J connectivity index is 2.15. The van der Waals surface area contributed by atoms with E-state index < -0.39 is 0 Å². The zero-order valence-corrected chi connectivity index (χ0v) is 21.6. The SMILES string of the molecule is CC(C)=CCO/C(C)=C/CC/C(C)=C/CC/C=C(\C)CC/C=C(\C)CCC1OC1(C)C. The van der Waals surface area contributed by atoms with Gasteiger partial charge in [-0.25, -0.2) is 0 Å². The van der Waals surface area contributed by atoms with Crippen LogP contribution in [-0.4, -0.2) is 18.3 Å². The van der Waals surface area contributed by atoms with Crippen LogP contribution in [0.4, 0.5) is 0 Å². The largest absolute Gasteiger partial charge is 0.495 e. The van der Waals surface area contributed by atoms with Crippen molar-refractivity contribution in [2.45, 2.75) is 118 Å². The molecule has 1 saturated heterocycles. The van der Waals surface area contributed by atoms with Crippen molar-refractivity contribution >= 4 is 0 Å². The van der Waals surface area contributed by atoms with Crippen molar-refractivity contribution in [3.63, 3.8) is 0 Å². The smallest absolute Gasteiger partial charge is 0.106 e. The van der Waals surface area contributed by atoms with Gasteiger partial charge in [-0.15, -0.1) is 0 Å². The Morgan fingerprint density at radius 3 is 1.71 bits per heavy atom. The fourth-order valence-electron chi connectivity index (χ4n) is 3.51. The number of rotatable bonds is 15. The fourth-order valence-corrected chi connectivity index (χ4v) is 3.51. The lowest BCUT2D eigenvalue weighted by Gasteiger charge is -2.04. The standard InChI is InChI=1S/C29H48O2/c1-23(2)21-22-30-27(6)18-12-17-25(4)14-10-9-13-24(3)15-11-16-26(5)19-20-28-29(7,8)31-28/h13-14,16,18,21,28H,9-12,15,17,19-20,22H2,1-8H3/b24-13+,25-14+,26-16+,27-18+. The van der Waals surface area contributed by atoms with E-state index >= 15 is 0 Å². The Morgan fingerprint density at radius 2 is 1.19 bits per heavy atom. The van der Waals surface area contributed by atoms with Crippen molar-refractivity contribution in [1.29, 1.82) is 0 Å². The van der Waals surface area contributed by atoms with Crippen LogP contribution in [0.2, 0.25) is 0 Å². The van der Waals surface area contributed by atoms with Gasteiger partial charge in [0.05, 0.1) is 17.5 Å².